The lowest BCUT2D eigenvalue weighted by Gasteiger charge is -2.44. The number of carbonyl (C=O) groups is 2. The lowest BCUT2D eigenvalue weighted by atomic mass is 9.82. The number of nitro benzene ring substituents is 1. The molecular weight excluding hydrogens is 431 g/mol. The lowest BCUT2D eigenvalue weighted by Crippen LogP contribution is -2.52. The number of nitrogens with zero attached hydrogens (tertiary/aromatic N) is 2. The van der Waals surface area contributed by atoms with E-state index >= 15 is 0 Å². The summed E-state index contributed by atoms with van der Waals surface area (Å²) in [7, 11) is 0. The molecule has 2 heterocycles. The van der Waals surface area contributed by atoms with Gasteiger partial charge in [0.1, 0.15) is 11.4 Å². The molecule has 0 radical (unpaired) electrons. The molecule has 2 aromatic carbocycles. The van der Waals surface area contributed by atoms with E-state index in [2.05, 4.69) is 0 Å². The number of ether oxygens (including phenoxy) is 1. The number of hydrogen-bond donors (Lipinski definition) is 0. The molecule has 1 saturated heterocycles. The normalized spacial score (nSPS) is 17.4. The maximum Gasteiger partial charge on any atom is 0.272 e. The highest BCUT2D eigenvalue weighted by Crippen LogP contribution is 2.44. The van der Waals surface area contributed by atoms with Crippen LogP contribution in [0.5, 0.6) is 5.75 Å². The van der Waals surface area contributed by atoms with Crippen LogP contribution in [0.15, 0.2) is 30.3 Å². The van der Waals surface area contributed by atoms with Crippen molar-refractivity contribution in [1.82, 2.24) is 4.90 Å². The Kier molecular flexibility index (Phi) is 5.20. The minimum Gasteiger partial charge on any atom is -0.484 e. The van der Waals surface area contributed by atoms with E-state index in [0.29, 0.717) is 58.4 Å². The molecule has 0 bridgehead atoms. The Morgan fingerprint density at radius 3 is 2.53 bits per heavy atom. The zero-order chi connectivity index (χ0) is 21.6. The number of hydrogen-bond acceptors (Lipinski definition) is 5. The van der Waals surface area contributed by atoms with Crippen molar-refractivity contribution in [3.8, 4) is 5.75 Å². The number of rotatable bonds is 2. The zero-order valence-electron chi connectivity index (χ0n) is 16.1. The molecule has 0 atom stereocenters. The Labute approximate surface area is 182 Å². The standard InChI is InChI=1S/C21H18Cl2N2O5/c1-12-8-13(2-3-17(12)25(28)29)20(27)24-6-4-21(5-7-24)11-18(26)15-9-14(22)10-16(23)19(15)30-21/h2-3,8-10H,4-7,11H2,1H3. The number of piperidine rings is 1. The molecule has 0 aliphatic carbocycles. The monoisotopic (exact) mass is 448 g/mol. The topological polar surface area (TPSA) is 89.8 Å². The summed E-state index contributed by atoms with van der Waals surface area (Å²) in [6.07, 6.45) is 1.17. The number of likely N-dealkylation sites (tertiary alicyclic amines) is 1. The minimum atomic E-state index is -0.705. The Balaban J connectivity index is 1.50. The van der Waals surface area contributed by atoms with Crippen LogP contribution in [0, 0.1) is 17.0 Å². The van der Waals surface area contributed by atoms with Crippen LogP contribution in [0.2, 0.25) is 10.0 Å². The Bertz CT molecular complexity index is 1080. The van der Waals surface area contributed by atoms with Gasteiger partial charge >= 0.3 is 0 Å². The van der Waals surface area contributed by atoms with Gasteiger partial charge < -0.3 is 9.64 Å². The van der Waals surface area contributed by atoms with E-state index in [0.717, 1.165) is 0 Å². The van der Waals surface area contributed by atoms with E-state index in [1.165, 1.54) is 18.2 Å². The van der Waals surface area contributed by atoms with Crippen LogP contribution in [0.25, 0.3) is 0 Å². The lowest BCUT2D eigenvalue weighted by molar-refractivity contribution is -0.385. The molecule has 156 valence electrons. The smallest absolute Gasteiger partial charge is 0.272 e. The molecule has 1 amide bonds. The maximum atomic E-state index is 12.9. The van der Waals surface area contributed by atoms with E-state index in [-0.39, 0.29) is 23.8 Å². The molecule has 0 unspecified atom stereocenters. The molecule has 1 spiro atoms. The molecule has 2 aliphatic heterocycles. The van der Waals surface area contributed by atoms with Crippen molar-refractivity contribution in [2.24, 2.45) is 0 Å². The third-order valence-corrected chi connectivity index (χ3v) is 6.21. The summed E-state index contributed by atoms with van der Waals surface area (Å²) >= 11 is 12.3. The summed E-state index contributed by atoms with van der Waals surface area (Å²) in [5.41, 5.74) is 0.499. The zero-order valence-corrected chi connectivity index (χ0v) is 17.6. The summed E-state index contributed by atoms with van der Waals surface area (Å²) in [6, 6.07) is 7.46. The van der Waals surface area contributed by atoms with Crippen molar-refractivity contribution in [2.45, 2.75) is 31.8 Å². The van der Waals surface area contributed by atoms with Crippen molar-refractivity contribution in [3.63, 3.8) is 0 Å². The first kappa shape index (κ1) is 20.6. The molecule has 0 saturated carbocycles. The van der Waals surface area contributed by atoms with Gasteiger partial charge in [-0.3, -0.25) is 19.7 Å². The SMILES string of the molecule is Cc1cc(C(=O)N2CCC3(CC2)CC(=O)c2cc(Cl)cc(Cl)c2O3)ccc1[N+](=O)[O-]. The van der Waals surface area contributed by atoms with Gasteiger partial charge in [-0.1, -0.05) is 23.2 Å². The van der Waals surface area contributed by atoms with Crippen LogP contribution >= 0.6 is 23.2 Å². The van der Waals surface area contributed by atoms with Gasteiger partial charge in [0.15, 0.2) is 5.78 Å². The Morgan fingerprint density at radius 1 is 1.20 bits per heavy atom. The summed E-state index contributed by atoms with van der Waals surface area (Å²) < 4.78 is 6.19. The second-order valence-corrected chi connectivity index (χ2v) is 8.54. The van der Waals surface area contributed by atoms with Gasteiger partial charge in [0.05, 0.1) is 21.9 Å². The summed E-state index contributed by atoms with van der Waals surface area (Å²) in [4.78, 5) is 37.8. The highest BCUT2D eigenvalue weighted by molar-refractivity contribution is 6.36. The highest BCUT2D eigenvalue weighted by atomic mass is 35.5. The summed E-state index contributed by atoms with van der Waals surface area (Å²) in [5, 5.41) is 11.7. The first-order valence-electron chi connectivity index (χ1n) is 9.45. The van der Waals surface area contributed by atoms with Crippen molar-refractivity contribution in [3.05, 3.63) is 67.2 Å². The number of fused-ring (bicyclic) bond motifs is 1. The number of aryl methyl sites for hydroxylation is 1. The van der Waals surface area contributed by atoms with Crippen LogP contribution in [0.4, 0.5) is 5.69 Å². The van der Waals surface area contributed by atoms with Crippen LogP contribution in [-0.4, -0.2) is 40.2 Å². The third-order valence-electron chi connectivity index (χ3n) is 5.71. The summed E-state index contributed by atoms with van der Waals surface area (Å²) in [5.74, 6) is 0.0738. The van der Waals surface area contributed by atoms with E-state index in [9.17, 15) is 19.7 Å². The molecule has 9 heteroatoms. The van der Waals surface area contributed by atoms with Gasteiger partial charge in [-0.05, 0) is 31.2 Å². The Morgan fingerprint density at radius 2 is 1.90 bits per heavy atom. The van der Waals surface area contributed by atoms with Crippen LogP contribution in [0.3, 0.4) is 0 Å². The average Bonchev–Trinajstić information content (AvgIpc) is 2.69. The quantitative estimate of drug-likeness (QED) is 0.483. The second-order valence-electron chi connectivity index (χ2n) is 7.70. The predicted octanol–water partition coefficient (Wildman–Crippen LogP) is 4.85. The second kappa shape index (κ2) is 7.56. The summed E-state index contributed by atoms with van der Waals surface area (Å²) in [6.45, 7) is 2.42. The van der Waals surface area contributed by atoms with Crippen molar-refractivity contribution >= 4 is 40.6 Å². The number of amides is 1. The number of nitro groups is 1. The first-order valence-corrected chi connectivity index (χ1v) is 10.2. The van der Waals surface area contributed by atoms with E-state index in [1.807, 2.05) is 0 Å². The van der Waals surface area contributed by atoms with E-state index in [1.54, 1.807) is 24.0 Å². The molecular formula is C21H18Cl2N2O5. The molecule has 7 nitrogen and oxygen atoms in total. The van der Waals surface area contributed by atoms with Gasteiger partial charge in [-0.15, -0.1) is 0 Å². The fourth-order valence-electron chi connectivity index (χ4n) is 4.08. The van der Waals surface area contributed by atoms with E-state index in [4.69, 9.17) is 27.9 Å². The van der Waals surface area contributed by atoms with Gasteiger partial charge in [0, 0.05) is 48.1 Å². The largest absolute Gasteiger partial charge is 0.484 e. The van der Waals surface area contributed by atoms with Gasteiger partial charge in [0.25, 0.3) is 11.6 Å². The number of benzene rings is 2. The number of ketones is 1. The number of carbonyl (C=O) groups excluding carboxylic acids is 2. The van der Waals surface area contributed by atoms with Crippen molar-refractivity contribution < 1.29 is 19.2 Å². The Hall–Kier alpha value is -2.64. The molecule has 1 fully saturated rings. The van der Waals surface area contributed by atoms with Crippen molar-refractivity contribution in [1.29, 1.82) is 0 Å². The first-order chi connectivity index (χ1) is 14.2. The van der Waals surface area contributed by atoms with Crippen LogP contribution in [0.1, 0.15) is 45.5 Å². The molecule has 4 rings (SSSR count). The van der Waals surface area contributed by atoms with Crippen LogP contribution < -0.4 is 4.74 Å². The van der Waals surface area contributed by atoms with E-state index < -0.39 is 10.5 Å². The fourth-order valence-corrected chi connectivity index (χ4v) is 4.62. The molecule has 2 aliphatic rings. The average molecular weight is 449 g/mol. The number of halogens is 2. The molecule has 30 heavy (non-hydrogen) atoms. The molecule has 0 N–H and O–H groups in total. The van der Waals surface area contributed by atoms with Gasteiger partial charge in [0.2, 0.25) is 0 Å². The molecule has 0 aromatic heterocycles. The number of Topliss-reactive ketones (excluding diaryl/α,β-unsaturated/α-hetero) is 1. The minimum absolute atomic E-state index is 0.0195. The van der Waals surface area contributed by atoms with Crippen LogP contribution in [-0.2, 0) is 0 Å². The third kappa shape index (κ3) is 3.63. The fraction of sp³-hybridized carbons (Fsp3) is 0.333. The van der Waals surface area contributed by atoms with Gasteiger partial charge in [-0.25, -0.2) is 0 Å². The molecule has 2 aromatic rings. The van der Waals surface area contributed by atoms with Gasteiger partial charge in [-0.2, -0.15) is 0 Å². The maximum absolute atomic E-state index is 12.9. The van der Waals surface area contributed by atoms with Crippen molar-refractivity contribution in [2.75, 3.05) is 13.1 Å². The highest BCUT2D eigenvalue weighted by Gasteiger charge is 2.44. The predicted molar refractivity (Wildman–Crippen MR) is 112 cm³/mol.